The number of furan rings is 1. The molecule has 0 spiro atoms. The molecule has 0 aromatic carbocycles. The van der Waals surface area contributed by atoms with Crippen molar-refractivity contribution in [2.45, 2.75) is 32.2 Å². The summed E-state index contributed by atoms with van der Waals surface area (Å²) in [7, 11) is -3.09. The smallest absolute Gasteiger partial charge is 0.211 e. The number of aryl methyl sites for hydroxylation is 1. The van der Waals surface area contributed by atoms with E-state index in [1.807, 2.05) is 19.1 Å². The van der Waals surface area contributed by atoms with Gasteiger partial charge in [0.15, 0.2) is 0 Å². The van der Waals surface area contributed by atoms with E-state index in [0.29, 0.717) is 19.0 Å². The molecule has 0 bridgehead atoms. The second-order valence-corrected chi connectivity index (χ2v) is 7.40. The van der Waals surface area contributed by atoms with Crippen LogP contribution < -0.4 is 5.73 Å². The molecule has 1 aromatic heterocycles. The highest BCUT2D eigenvalue weighted by Gasteiger charge is 2.27. The predicted octanol–water partition coefficient (Wildman–Crippen LogP) is 1.65. The third-order valence-corrected chi connectivity index (χ3v) is 4.93. The molecule has 1 aliphatic heterocycles. The fraction of sp³-hybridized carbons (Fsp3) is 0.692. The second kappa shape index (κ2) is 5.64. The summed E-state index contributed by atoms with van der Waals surface area (Å²) in [6.45, 7) is 3.10. The fourth-order valence-electron chi connectivity index (χ4n) is 2.65. The largest absolute Gasteiger partial charge is 0.465 e. The van der Waals surface area contributed by atoms with Gasteiger partial charge in [-0.3, -0.25) is 0 Å². The maximum Gasteiger partial charge on any atom is 0.211 e. The molecular formula is C13H22N2O3S. The van der Waals surface area contributed by atoms with E-state index in [-0.39, 0.29) is 6.04 Å². The molecule has 5 nitrogen and oxygen atoms in total. The summed E-state index contributed by atoms with van der Waals surface area (Å²) >= 11 is 0. The van der Waals surface area contributed by atoms with Crippen molar-refractivity contribution in [1.29, 1.82) is 0 Å². The van der Waals surface area contributed by atoms with Crippen LogP contribution in [0.5, 0.6) is 0 Å². The average Bonchev–Trinajstić information content (AvgIpc) is 2.75. The van der Waals surface area contributed by atoms with Crippen molar-refractivity contribution in [1.82, 2.24) is 4.31 Å². The minimum atomic E-state index is -3.09. The molecular weight excluding hydrogens is 264 g/mol. The highest BCUT2D eigenvalue weighted by molar-refractivity contribution is 7.88. The average molecular weight is 286 g/mol. The van der Waals surface area contributed by atoms with Crippen LogP contribution in [0.2, 0.25) is 0 Å². The molecule has 1 aromatic rings. The van der Waals surface area contributed by atoms with Crippen molar-refractivity contribution in [2.75, 3.05) is 19.3 Å². The zero-order valence-electron chi connectivity index (χ0n) is 11.5. The van der Waals surface area contributed by atoms with Crippen LogP contribution >= 0.6 is 0 Å². The number of hydrogen-bond acceptors (Lipinski definition) is 4. The van der Waals surface area contributed by atoms with Crippen molar-refractivity contribution in [3.63, 3.8) is 0 Å². The molecule has 2 N–H and O–H groups in total. The first-order valence-corrected chi connectivity index (χ1v) is 8.48. The molecule has 1 fully saturated rings. The van der Waals surface area contributed by atoms with Crippen molar-refractivity contribution in [3.8, 4) is 0 Å². The molecule has 6 heteroatoms. The Hall–Kier alpha value is -0.850. The Morgan fingerprint density at radius 1 is 1.53 bits per heavy atom. The molecule has 1 saturated heterocycles. The van der Waals surface area contributed by atoms with Crippen LogP contribution in [0.15, 0.2) is 16.5 Å². The van der Waals surface area contributed by atoms with E-state index < -0.39 is 10.0 Å². The highest BCUT2D eigenvalue weighted by Crippen LogP contribution is 2.27. The Labute approximate surface area is 114 Å². The molecule has 0 saturated carbocycles. The van der Waals surface area contributed by atoms with Gasteiger partial charge in [-0.05, 0) is 44.2 Å². The Balaban J connectivity index is 1.95. The molecule has 2 atom stereocenters. The van der Waals surface area contributed by atoms with Crippen molar-refractivity contribution < 1.29 is 12.8 Å². The van der Waals surface area contributed by atoms with E-state index in [9.17, 15) is 8.42 Å². The normalized spacial score (nSPS) is 23.4. The van der Waals surface area contributed by atoms with Crippen molar-refractivity contribution in [3.05, 3.63) is 23.7 Å². The molecule has 0 amide bonds. The van der Waals surface area contributed by atoms with Gasteiger partial charge in [0.2, 0.25) is 10.0 Å². The maximum atomic E-state index is 11.6. The summed E-state index contributed by atoms with van der Waals surface area (Å²) in [6, 6.07) is 3.65. The number of nitrogens with two attached hydrogens (primary N) is 1. The molecule has 2 heterocycles. The third kappa shape index (κ3) is 3.81. The summed E-state index contributed by atoms with van der Waals surface area (Å²) in [5, 5.41) is 0. The molecule has 0 radical (unpaired) electrons. The van der Waals surface area contributed by atoms with Gasteiger partial charge in [0.25, 0.3) is 0 Å². The lowest BCUT2D eigenvalue weighted by atomic mass is 9.92. The molecule has 1 aliphatic rings. The zero-order chi connectivity index (χ0) is 14.0. The molecule has 108 valence electrons. The maximum absolute atomic E-state index is 11.6. The van der Waals surface area contributed by atoms with Gasteiger partial charge >= 0.3 is 0 Å². The van der Waals surface area contributed by atoms with Crippen LogP contribution in [-0.4, -0.2) is 32.1 Å². The number of hydrogen-bond donors (Lipinski definition) is 1. The van der Waals surface area contributed by atoms with Crippen LogP contribution in [0.3, 0.4) is 0 Å². The Morgan fingerprint density at radius 3 is 2.84 bits per heavy atom. The number of nitrogens with zero attached hydrogens (tertiary/aromatic N) is 1. The Kier molecular flexibility index (Phi) is 4.32. The summed E-state index contributed by atoms with van der Waals surface area (Å²) in [6.07, 6.45) is 3.96. The van der Waals surface area contributed by atoms with Gasteiger partial charge in [-0.1, -0.05) is 0 Å². The Morgan fingerprint density at radius 2 is 2.26 bits per heavy atom. The molecule has 0 aliphatic carbocycles. The lowest BCUT2D eigenvalue weighted by Gasteiger charge is -2.31. The molecule has 19 heavy (non-hydrogen) atoms. The predicted molar refractivity (Wildman–Crippen MR) is 74.1 cm³/mol. The first-order chi connectivity index (χ1) is 8.86. The van der Waals surface area contributed by atoms with Gasteiger partial charge in [0.05, 0.1) is 12.3 Å². The number of rotatable bonds is 4. The Bertz CT molecular complexity index is 524. The standard InChI is InChI=1S/C13H22N2O3S/c1-10-5-6-13(18-10)12(14)8-11-4-3-7-15(9-11)19(2,16)17/h5-6,11-12H,3-4,7-9,14H2,1-2H3. The fourth-order valence-corrected chi connectivity index (χ4v) is 3.59. The summed E-state index contributed by atoms with van der Waals surface area (Å²) in [4.78, 5) is 0. The lowest BCUT2D eigenvalue weighted by molar-refractivity contribution is 0.240. The summed E-state index contributed by atoms with van der Waals surface area (Å²) in [5.41, 5.74) is 6.13. The van der Waals surface area contributed by atoms with Crippen LogP contribution in [0.1, 0.15) is 36.8 Å². The van der Waals surface area contributed by atoms with E-state index in [4.69, 9.17) is 10.2 Å². The third-order valence-electron chi connectivity index (χ3n) is 3.66. The van der Waals surface area contributed by atoms with Gasteiger partial charge in [0.1, 0.15) is 11.5 Å². The van der Waals surface area contributed by atoms with Crippen LogP contribution in [0, 0.1) is 12.8 Å². The molecule has 2 unspecified atom stereocenters. The topological polar surface area (TPSA) is 76.5 Å². The lowest BCUT2D eigenvalue weighted by Crippen LogP contribution is -2.40. The molecule has 2 rings (SSSR count). The first-order valence-electron chi connectivity index (χ1n) is 6.63. The second-order valence-electron chi connectivity index (χ2n) is 5.42. The van der Waals surface area contributed by atoms with Crippen LogP contribution in [0.4, 0.5) is 0 Å². The van der Waals surface area contributed by atoms with E-state index in [2.05, 4.69) is 0 Å². The summed E-state index contributed by atoms with van der Waals surface area (Å²) < 4.78 is 30.2. The van der Waals surface area contributed by atoms with Gasteiger partial charge in [-0.25, -0.2) is 12.7 Å². The SMILES string of the molecule is Cc1ccc(C(N)CC2CCCN(S(C)(=O)=O)C2)o1. The highest BCUT2D eigenvalue weighted by atomic mass is 32.2. The first kappa shape index (κ1) is 14.6. The van der Waals surface area contributed by atoms with Crippen molar-refractivity contribution in [2.24, 2.45) is 11.7 Å². The van der Waals surface area contributed by atoms with E-state index in [1.54, 1.807) is 4.31 Å². The van der Waals surface area contributed by atoms with Gasteiger partial charge in [0, 0.05) is 13.1 Å². The van der Waals surface area contributed by atoms with Gasteiger partial charge < -0.3 is 10.2 Å². The van der Waals surface area contributed by atoms with Crippen LogP contribution in [-0.2, 0) is 10.0 Å². The zero-order valence-corrected chi connectivity index (χ0v) is 12.3. The van der Waals surface area contributed by atoms with Gasteiger partial charge in [-0.15, -0.1) is 0 Å². The van der Waals surface area contributed by atoms with E-state index in [0.717, 1.165) is 30.8 Å². The quantitative estimate of drug-likeness (QED) is 0.913. The van der Waals surface area contributed by atoms with E-state index in [1.165, 1.54) is 6.26 Å². The summed E-state index contributed by atoms with van der Waals surface area (Å²) in [5.74, 6) is 1.95. The van der Waals surface area contributed by atoms with Crippen LogP contribution in [0.25, 0.3) is 0 Å². The monoisotopic (exact) mass is 286 g/mol. The van der Waals surface area contributed by atoms with E-state index >= 15 is 0 Å². The van der Waals surface area contributed by atoms with Gasteiger partial charge in [-0.2, -0.15) is 0 Å². The van der Waals surface area contributed by atoms with Crippen molar-refractivity contribution >= 4 is 10.0 Å². The minimum Gasteiger partial charge on any atom is -0.465 e. The number of sulfonamides is 1. The minimum absolute atomic E-state index is 0.154. The number of piperidine rings is 1.